The zero-order valence-electron chi connectivity index (χ0n) is 15.1. The Labute approximate surface area is 175 Å². The fourth-order valence-corrected chi connectivity index (χ4v) is 3.27. The van der Waals surface area contributed by atoms with Gasteiger partial charge in [-0.25, -0.2) is 4.98 Å². The summed E-state index contributed by atoms with van der Waals surface area (Å²) in [4.78, 5) is 10.0. The number of benzene rings is 1. The van der Waals surface area contributed by atoms with Crippen LogP contribution in [0.5, 0.6) is 0 Å². The summed E-state index contributed by atoms with van der Waals surface area (Å²) in [6.45, 7) is 5.35. The van der Waals surface area contributed by atoms with Gasteiger partial charge in [0.05, 0.1) is 18.8 Å². The summed E-state index contributed by atoms with van der Waals surface area (Å²) < 4.78 is 5.89. The number of hydrogen-bond acceptors (Lipinski definition) is 4. The summed E-state index contributed by atoms with van der Waals surface area (Å²) >= 11 is 1.71. The number of aliphatic imine (C=N–C) groups is 1. The van der Waals surface area contributed by atoms with Crippen LogP contribution in [0.3, 0.4) is 0 Å². The molecule has 0 aliphatic carbocycles. The molecular weight excluding hydrogens is 459 g/mol. The number of hydrogen-bond donors (Lipinski definition) is 2. The van der Waals surface area contributed by atoms with Gasteiger partial charge in [-0.05, 0) is 26.0 Å². The van der Waals surface area contributed by atoms with Crippen LogP contribution in [0, 0.1) is 13.8 Å². The van der Waals surface area contributed by atoms with Gasteiger partial charge in [-0.3, -0.25) is 4.99 Å². The van der Waals surface area contributed by atoms with Crippen molar-refractivity contribution in [1.82, 2.24) is 15.6 Å². The van der Waals surface area contributed by atoms with Gasteiger partial charge in [-0.1, -0.05) is 30.3 Å². The first-order valence-electron chi connectivity index (χ1n) is 8.17. The van der Waals surface area contributed by atoms with Gasteiger partial charge in [0.15, 0.2) is 5.96 Å². The number of nitrogens with zero attached hydrogens (tertiary/aromatic N) is 2. The molecule has 0 saturated heterocycles. The first kappa shape index (κ1) is 20.4. The molecule has 2 aromatic heterocycles. The lowest BCUT2D eigenvalue weighted by Gasteiger charge is -2.09. The molecule has 5 nitrogen and oxygen atoms in total. The second-order valence-electron chi connectivity index (χ2n) is 5.66. The highest BCUT2D eigenvalue weighted by Gasteiger charge is 2.07. The van der Waals surface area contributed by atoms with Gasteiger partial charge >= 0.3 is 0 Å². The van der Waals surface area contributed by atoms with E-state index in [9.17, 15) is 0 Å². The molecule has 3 rings (SSSR count). The van der Waals surface area contributed by atoms with Crippen LogP contribution in [-0.2, 0) is 13.1 Å². The third kappa shape index (κ3) is 5.31. The minimum absolute atomic E-state index is 0. The first-order chi connectivity index (χ1) is 12.2. The van der Waals surface area contributed by atoms with E-state index < -0.39 is 0 Å². The minimum atomic E-state index is 0. The number of halogens is 1. The molecule has 0 bridgehead atoms. The maximum Gasteiger partial charge on any atom is 0.191 e. The Morgan fingerprint density at radius 3 is 2.46 bits per heavy atom. The molecule has 1 aromatic carbocycles. The van der Waals surface area contributed by atoms with Crippen molar-refractivity contribution < 1.29 is 4.42 Å². The van der Waals surface area contributed by atoms with Crippen molar-refractivity contribution in [2.75, 3.05) is 7.05 Å². The average Bonchev–Trinajstić information content (AvgIpc) is 3.23. The van der Waals surface area contributed by atoms with Gasteiger partial charge in [-0.2, -0.15) is 0 Å². The maximum atomic E-state index is 5.89. The lowest BCUT2D eigenvalue weighted by Crippen LogP contribution is -2.36. The number of nitrogens with one attached hydrogen (secondary N) is 2. The number of aryl methyl sites for hydroxylation is 2. The van der Waals surface area contributed by atoms with Crippen molar-refractivity contribution in [2.45, 2.75) is 26.9 Å². The number of aromatic nitrogens is 1. The Morgan fingerprint density at radius 2 is 1.81 bits per heavy atom. The SMILES string of the molecule is CN=C(NCc1ccc(-c2ccccc2)o1)NCc1nc(C)c(C)s1.I. The van der Waals surface area contributed by atoms with E-state index in [4.69, 9.17) is 4.42 Å². The van der Waals surface area contributed by atoms with Crippen LogP contribution in [-0.4, -0.2) is 18.0 Å². The molecule has 0 fully saturated rings. The van der Waals surface area contributed by atoms with Crippen molar-refractivity contribution in [3.8, 4) is 11.3 Å². The number of rotatable bonds is 5. The largest absolute Gasteiger partial charge is 0.459 e. The molecule has 26 heavy (non-hydrogen) atoms. The molecular formula is C19H23IN4OS. The third-order valence-electron chi connectivity index (χ3n) is 3.85. The molecule has 0 spiro atoms. The highest BCUT2D eigenvalue weighted by molar-refractivity contribution is 14.0. The van der Waals surface area contributed by atoms with E-state index in [2.05, 4.69) is 27.5 Å². The van der Waals surface area contributed by atoms with E-state index in [1.807, 2.05) is 49.4 Å². The number of thiazole rings is 1. The molecule has 0 saturated carbocycles. The smallest absolute Gasteiger partial charge is 0.191 e. The minimum Gasteiger partial charge on any atom is -0.459 e. The van der Waals surface area contributed by atoms with Crippen molar-refractivity contribution >= 4 is 41.3 Å². The predicted molar refractivity (Wildman–Crippen MR) is 118 cm³/mol. The lowest BCUT2D eigenvalue weighted by atomic mass is 10.2. The Kier molecular flexibility index (Phi) is 7.65. The molecule has 2 heterocycles. The molecule has 7 heteroatoms. The summed E-state index contributed by atoms with van der Waals surface area (Å²) in [7, 11) is 1.76. The molecule has 138 valence electrons. The van der Waals surface area contributed by atoms with E-state index in [1.165, 1.54) is 4.88 Å². The van der Waals surface area contributed by atoms with Crippen molar-refractivity contribution in [3.05, 3.63) is 63.8 Å². The fourth-order valence-electron chi connectivity index (χ4n) is 2.40. The van der Waals surface area contributed by atoms with Gasteiger partial charge < -0.3 is 15.1 Å². The normalized spacial score (nSPS) is 11.1. The van der Waals surface area contributed by atoms with E-state index >= 15 is 0 Å². The summed E-state index contributed by atoms with van der Waals surface area (Å²) in [6, 6.07) is 14.0. The van der Waals surface area contributed by atoms with Crippen molar-refractivity contribution in [3.63, 3.8) is 0 Å². The molecule has 0 atom stereocenters. The molecule has 0 radical (unpaired) electrons. The van der Waals surface area contributed by atoms with E-state index in [-0.39, 0.29) is 24.0 Å². The molecule has 0 aliphatic rings. The van der Waals surface area contributed by atoms with E-state index in [0.29, 0.717) is 13.1 Å². The van der Waals surface area contributed by atoms with Crippen LogP contribution in [0.25, 0.3) is 11.3 Å². The highest BCUT2D eigenvalue weighted by atomic mass is 127. The Bertz CT molecular complexity index is 838. The second kappa shape index (κ2) is 9.72. The van der Waals surface area contributed by atoms with Crippen LogP contribution >= 0.6 is 35.3 Å². The Hall–Kier alpha value is -1.87. The highest BCUT2D eigenvalue weighted by Crippen LogP contribution is 2.21. The van der Waals surface area contributed by atoms with Crippen LogP contribution in [0.2, 0.25) is 0 Å². The zero-order chi connectivity index (χ0) is 17.6. The predicted octanol–water partition coefficient (Wildman–Crippen LogP) is 4.50. The van der Waals surface area contributed by atoms with Crippen LogP contribution < -0.4 is 10.6 Å². The van der Waals surface area contributed by atoms with E-state index in [1.54, 1.807) is 18.4 Å². The zero-order valence-corrected chi connectivity index (χ0v) is 18.2. The topological polar surface area (TPSA) is 62.5 Å². The quantitative estimate of drug-likeness (QED) is 0.319. The molecule has 0 amide bonds. The summed E-state index contributed by atoms with van der Waals surface area (Å²) in [5, 5.41) is 7.60. The number of furan rings is 1. The van der Waals surface area contributed by atoms with Gasteiger partial charge in [0.1, 0.15) is 16.5 Å². The van der Waals surface area contributed by atoms with Gasteiger partial charge in [0, 0.05) is 17.5 Å². The maximum absolute atomic E-state index is 5.89. The molecule has 2 N–H and O–H groups in total. The summed E-state index contributed by atoms with van der Waals surface area (Å²) in [5.74, 6) is 2.46. The first-order valence-corrected chi connectivity index (χ1v) is 8.99. The Morgan fingerprint density at radius 1 is 1.08 bits per heavy atom. The molecule has 0 unspecified atom stereocenters. The van der Waals surface area contributed by atoms with Crippen molar-refractivity contribution in [1.29, 1.82) is 0 Å². The average molecular weight is 482 g/mol. The van der Waals surface area contributed by atoms with Gasteiger partial charge in [-0.15, -0.1) is 35.3 Å². The van der Waals surface area contributed by atoms with Crippen molar-refractivity contribution in [2.24, 2.45) is 4.99 Å². The van der Waals surface area contributed by atoms with Crippen LogP contribution in [0.1, 0.15) is 21.3 Å². The lowest BCUT2D eigenvalue weighted by molar-refractivity contribution is 0.513. The van der Waals surface area contributed by atoms with Gasteiger partial charge in [0.2, 0.25) is 0 Å². The molecule has 0 aliphatic heterocycles. The monoisotopic (exact) mass is 482 g/mol. The van der Waals surface area contributed by atoms with Gasteiger partial charge in [0.25, 0.3) is 0 Å². The van der Waals surface area contributed by atoms with Crippen LogP contribution in [0.15, 0.2) is 51.9 Å². The summed E-state index contributed by atoms with van der Waals surface area (Å²) in [6.07, 6.45) is 0. The summed E-state index contributed by atoms with van der Waals surface area (Å²) in [5.41, 5.74) is 2.17. The number of guanidine groups is 1. The van der Waals surface area contributed by atoms with Crippen LogP contribution in [0.4, 0.5) is 0 Å². The van der Waals surface area contributed by atoms with E-state index in [0.717, 1.165) is 33.7 Å². The third-order valence-corrected chi connectivity index (χ3v) is 4.93. The standard InChI is InChI=1S/C19H22N4OS.HI/c1-13-14(2)25-18(23-13)12-22-19(20-3)21-11-16-9-10-17(24-16)15-7-5-4-6-8-15;/h4-10H,11-12H2,1-3H3,(H2,20,21,22);1H. The second-order valence-corrected chi connectivity index (χ2v) is 6.95. The Balaban J connectivity index is 0.00000243. The molecule has 3 aromatic rings. The fraction of sp³-hybridized carbons (Fsp3) is 0.263.